The molecule has 1 heterocycles. The molecular weight excluding hydrogens is 166 g/mol. The van der Waals surface area contributed by atoms with E-state index < -0.39 is 0 Å². The summed E-state index contributed by atoms with van der Waals surface area (Å²) < 4.78 is 5.31. The minimum absolute atomic E-state index is 0.106. The molecule has 2 unspecified atom stereocenters. The molecule has 0 spiro atoms. The summed E-state index contributed by atoms with van der Waals surface area (Å²) in [6, 6.07) is 0.414. The Kier molecular flexibility index (Phi) is 2.54. The van der Waals surface area contributed by atoms with Crippen LogP contribution in [0.3, 0.4) is 0 Å². The second-order valence-electron chi connectivity index (χ2n) is 4.17. The van der Waals surface area contributed by atoms with Gasteiger partial charge in [-0.05, 0) is 31.6 Å². The van der Waals surface area contributed by atoms with Crippen molar-refractivity contribution < 1.29 is 9.53 Å². The normalized spacial score (nSPS) is 38.4. The van der Waals surface area contributed by atoms with Gasteiger partial charge in [0.05, 0.1) is 0 Å². The van der Waals surface area contributed by atoms with Crippen LogP contribution in [-0.2, 0) is 9.53 Å². The highest BCUT2D eigenvalue weighted by atomic mass is 16.5. The molecule has 2 fully saturated rings. The molecule has 0 radical (unpaired) electrons. The van der Waals surface area contributed by atoms with E-state index in [1.165, 1.54) is 6.42 Å². The molecule has 1 N–H and O–H groups in total. The number of amides is 1. The highest BCUT2D eigenvalue weighted by molar-refractivity contribution is 5.81. The molecule has 1 saturated heterocycles. The average Bonchev–Trinajstić information content (AvgIpc) is 2.64. The summed E-state index contributed by atoms with van der Waals surface area (Å²) >= 11 is 0. The maximum absolute atomic E-state index is 11.6. The molecule has 2 rings (SSSR count). The molecule has 74 valence electrons. The molecule has 0 aromatic carbocycles. The molecule has 0 aromatic heterocycles. The lowest BCUT2D eigenvalue weighted by atomic mass is 9.81. The Bertz CT molecular complexity index is 199. The molecule has 3 atom stereocenters. The van der Waals surface area contributed by atoms with Gasteiger partial charge in [-0.1, -0.05) is 6.92 Å². The van der Waals surface area contributed by atoms with Crippen LogP contribution in [0.5, 0.6) is 0 Å². The van der Waals surface area contributed by atoms with Gasteiger partial charge in [-0.3, -0.25) is 4.79 Å². The Labute approximate surface area is 78.8 Å². The van der Waals surface area contributed by atoms with E-state index in [0.717, 1.165) is 25.9 Å². The fraction of sp³-hybridized carbons (Fsp3) is 0.900. The summed E-state index contributed by atoms with van der Waals surface area (Å²) in [7, 11) is 0. The van der Waals surface area contributed by atoms with Crippen LogP contribution in [0.25, 0.3) is 0 Å². The van der Waals surface area contributed by atoms with Gasteiger partial charge in [-0.15, -0.1) is 0 Å². The van der Waals surface area contributed by atoms with Crippen LogP contribution in [0, 0.1) is 5.92 Å². The first-order chi connectivity index (χ1) is 6.27. The molecule has 13 heavy (non-hydrogen) atoms. The standard InChI is InChI=1S/C10H17NO2/c1-7-4-5-8(7)11-10(12)9-3-2-6-13-9/h7-9H,2-6H2,1H3,(H,11,12)/t7?,8?,9-/m0/s1. The summed E-state index contributed by atoms with van der Waals surface area (Å²) in [4.78, 5) is 11.6. The first-order valence-electron chi connectivity index (χ1n) is 5.19. The number of hydrogen-bond acceptors (Lipinski definition) is 2. The second-order valence-corrected chi connectivity index (χ2v) is 4.17. The van der Waals surface area contributed by atoms with Gasteiger partial charge in [0.1, 0.15) is 6.10 Å². The van der Waals surface area contributed by atoms with Gasteiger partial charge in [-0.25, -0.2) is 0 Å². The molecule has 0 aromatic rings. The third-order valence-electron chi connectivity index (χ3n) is 3.17. The summed E-state index contributed by atoms with van der Waals surface area (Å²) in [6.45, 7) is 2.93. The van der Waals surface area contributed by atoms with Crippen molar-refractivity contribution in [2.45, 2.75) is 44.8 Å². The van der Waals surface area contributed by atoms with Crippen molar-refractivity contribution in [2.24, 2.45) is 5.92 Å². The highest BCUT2D eigenvalue weighted by Gasteiger charge is 2.31. The van der Waals surface area contributed by atoms with Gasteiger partial charge in [0, 0.05) is 12.6 Å². The fourth-order valence-corrected chi connectivity index (χ4v) is 1.94. The zero-order chi connectivity index (χ0) is 9.26. The van der Waals surface area contributed by atoms with E-state index in [-0.39, 0.29) is 12.0 Å². The third-order valence-corrected chi connectivity index (χ3v) is 3.17. The largest absolute Gasteiger partial charge is 0.368 e. The zero-order valence-electron chi connectivity index (χ0n) is 8.08. The highest BCUT2D eigenvalue weighted by Crippen LogP contribution is 2.26. The van der Waals surface area contributed by atoms with Crippen molar-refractivity contribution in [3.63, 3.8) is 0 Å². The first kappa shape index (κ1) is 9.00. The van der Waals surface area contributed by atoms with Crippen LogP contribution in [0.1, 0.15) is 32.6 Å². The number of rotatable bonds is 2. The van der Waals surface area contributed by atoms with Crippen molar-refractivity contribution in [2.75, 3.05) is 6.61 Å². The molecule has 2 aliphatic rings. The average molecular weight is 183 g/mol. The van der Waals surface area contributed by atoms with Crippen LogP contribution in [0.4, 0.5) is 0 Å². The summed E-state index contributed by atoms with van der Waals surface area (Å²) in [5.41, 5.74) is 0. The Balaban J connectivity index is 1.77. The summed E-state index contributed by atoms with van der Waals surface area (Å²) in [5.74, 6) is 0.763. The molecular formula is C10H17NO2. The van der Waals surface area contributed by atoms with E-state index in [4.69, 9.17) is 4.74 Å². The topological polar surface area (TPSA) is 38.3 Å². The van der Waals surface area contributed by atoms with Crippen LogP contribution >= 0.6 is 0 Å². The monoisotopic (exact) mass is 183 g/mol. The van der Waals surface area contributed by atoms with Crippen molar-refractivity contribution >= 4 is 5.91 Å². The van der Waals surface area contributed by atoms with Crippen LogP contribution in [0.2, 0.25) is 0 Å². The van der Waals surface area contributed by atoms with Crippen LogP contribution in [-0.4, -0.2) is 24.7 Å². The number of nitrogens with one attached hydrogen (secondary N) is 1. The number of carbonyl (C=O) groups excluding carboxylic acids is 1. The molecule has 3 heteroatoms. The Morgan fingerprint density at radius 1 is 1.38 bits per heavy atom. The van der Waals surface area contributed by atoms with E-state index in [1.54, 1.807) is 0 Å². The molecule has 1 saturated carbocycles. The van der Waals surface area contributed by atoms with Crippen molar-refractivity contribution in [1.82, 2.24) is 5.32 Å². The van der Waals surface area contributed by atoms with E-state index in [2.05, 4.69) is 12.2 Å². The predicted octanol–water partition coefficient (Wildman–Crippen LogP) is 1.08. The smallest absolute Gasteiger partial charge is 0.249 e. The van der Waals surface area contributed by atoms with Crippen LogP contribution < -0.4 is 5.32 Å². The first-order valence-corrected chi connectivity index (χ1v) is 5.19. The van der Waals surface area contributed by atoms with Gasteiger partial charge >= 0.3 is 0 Å². The Hall–Kier alpha value is -0.570. The third kappa shape index (κ3) is 1.85. The van der Waals surface area contributed by atoms with E-state index >= 15 is 0 Å². The predicted molar refractivity (Wildman–Crippen MR) is 49.3 cm³/mol. The van der Waals surface area contributed by atoms with Crippen LogP contribution in [0.15, 0.2) is 0 Å². The molecule has 1 aliphatic heterocycles. The van der Waals surface area contributed by atoms with Gasteiger partial charge in [0.25, 0.3) is 0 Å². The van der Waals surface area contributed by atoms with E-state index in [1.807, 2.05) is 0 Å². The quantitative estimate of drug-likeness (QED) is 0.695. The minimum Gasteiger partial charge on any atom is -0.368 e. The maximum atomic E-state index is 11.6. The summed E-state index contributed by atoms with van der Waals surface area (Å²) in [6.07, 6.45) is 4.15. The lowest BCUT2D eigenvalue weighted by Gasteiger charge is -2.35. The van der Waals surface area contributed by atoms with Crippen molar-refractivity contribution in [3.05, 3.63) is 0 Å². The van der Waals surface area contributed by atoms with Crippen molar-refractivity contribution in [3.8, 4) is 0 Å². The molecule has 1 aliphatic carbocycles. The molecule has 1 amide bonds. The van der Waals surface area contributed by atoms with Gasteiger partial charge in [0.2, 0.25) is 5.91 Å². The summed E-state index contributed by atoms with van der Waals surface area (Å²) in [5, 5.41) is 3.04. The van der Waals surface area contributed by atoms with Gasteiger partial charge in [0.15, 0.2) is 0 Å². The van der Waals surface area contributed by atoms with Gasteiger partial charge in [-0.2, -0.15) is 0 Å². The van der Waals surface area contributed by atoms with E-state index in [0.29, 0.717) is 12.0 Å². The maximum Gasteiger partial charge on any atom is 0.249 e. The molecule has 0 bridgehead atoms. The zero-order valence-corrected chi connectivity index (χ0v) is 8.08. The lowest BCUT2D eigenvalue weighted by molar-refractivity contribution is -0.131. The Morgan fingerprint density at radius 2 is 2.23 bits per heavy atom. The number of hydrogen-bond donors (Lipinski definition) is 1. The Morgan fingerprint density at radius 3 is 2.69 bits per heavy atom. The minimum atomic E-state index is -0.159. The SMILES string of the molecule is CC1CCC1NC(=O)[C@@H]1CCCO1. The van der Waals surface area contributed by atoms with E-state index in [9.17, 15) is 4.79 Å². The van der Waals surface area contributed by atoms with Gasteiger partial charge < -0.3 is 10.1 Å². The molecule has 3 nitrogen and oxygen atoms in total. The number of ether oxygens (including phenoxy) is 1. The second kappa shape index (κ2) is 3.66. The lowest BCUT2D eigenvalue weighted by Crippen LogP contribution is -2.48. The van der Waals surface area contributed by atoms with Crippen molar-refractivity contribution in [1.29, 1.82) is 0 Å². The fourth-order valence-electron chi connectivity index (χ4n) is 1.94. The number of carbonyl (C=O) groups is 1.